The second-order valence-corrected chi connectivity index (χ2v) is 21.6. The predicted molar refractivity (Wildman–Crippen MR) is 339 cm³/mol. The minimum atomic E-state index is -0.792. The Hall–Kier alpha value is -3.93. The molecule has 0 aromatic carbocycles. The summed E-state index contributed by atoms with van der Waals surface area (Å²) >= 11 is 0. The molecule has 0 saturated heterocycles. The number of hydrogen-bond donors (Lipinski definition) is 0. The van der Waals surface area contributed by atoms with Crippen LogP contribution in [0.15, 0.2) is 109 Å². The molecule has 6 nitrogen and oxygen atoms in total. The molecule has 0 rings (SSSR count). The molecule has 6 heteroatoms. The van der Waals surface area contributed by atoms with Crippen LogP contribution in [0.5, 0.6) is 0 Å². The fourth-order valence-electron chi connectivity index (χ4n) is 9.06. The summed E-state index contributed by atoms with van der Waals surface area (Å²) < 4.78 is 16.9. The van der Waals surface area contributed by atoms with Crippen LogP contribution in [-0.4, -0.2) is 37.2 Å². The van der Waals surface area contributed by atoms with E-state index in [0.29, 0.717) is 19.3 Å². The van der Waals surface area contributed by atoms with Crippen LogP contribution in [0.4, 0.5) is 0 Å². The first-order chi connectivity index (χ1) is 38.5. The van der Waals surface area contributed by atoms with Gasteiger partial charge in [0.1, 0.15) is 13.2 Å². The lowest BCUT2D eigenvalue weighted by molar-refractivity contribution is -0.167. The van der Waals surface area contributed by atoms with Crippen molar-refractivity contribution >= 4 is 17.9 Å². The van der Waals surface area contributed by atoms with Crippen molar-refractivity contribution in [2.45, 2.75) is 316 Å². The average Bonchev–Trinajstić information content (AvgIpc) is 3.44. The standard InChI is InChI=1S/C72H122O6/c1-4-7-10-13-16-19-22-25-28-30-31-32-33-34-35-36-37-38-39-40-41-42-45-47-50-53-56-59-62-65-71(74)77-68-69(67-76-70(73)64-61-58-55-52-49-46-43-27-24-21-18-15-12-9-6-3)78-72(75)66-63-60-57-54-51-48-44-29-26-23-20-17-14-11-8-5-2/h7,10,16,18-19,21,25,27-29,31-32,34-35,37-38,43-44,69H,4-6,8-9,11-15,17,20,22-24,26,30,33,36,39-42,45-68H2,1-3H3/b10-7-,19-16-,21-18-,28-25-,32-31-,35-34-,38-37-,43-27-,44-29-. The molecule has 0 radical (unpaired) electrons. The van der Waals surface area contributed by atoms with Crippen LogP contribution >= 0.6 is 0 Å². The molecule has 0 fully saturated rings. The number of carbonyl (C=O) groups excluding carboxylic acids is 3. The minimum Gasteiger partial charge on any atom is -0.462 e. The van der Waals surface area contributed by atoms with Crippen LogP contribution < -0.4 is 0 Å². The number of hydrogen-bond acceptors (Lipinski definition) is 6. The van der Waals surface area contributed by atoms with Gasteiger partial charge in [0.2, 0.25) is 0 Å². The van der Waals surface area contributed by atoms with Gasteiger partial charge in [-0.3, -0.25) is 14.4 Å². The highest BCUT2D eigenvalue weighted by atomic mass is 16.6. The molecule has 1 unspecified atom stereocenters. The fourth-order valence-corrected chi connectivity index (χ4v) is 9.06. The second kappa shape index (κ2) is 65.6. The molecule has 0 bridgehead atoms. The summed E-state index contributed by atoms with van der Waals surface area (Å²) in [4.78, 5) is 38.3. The van der Waals surface area contributed by atoms with Crippen LogP contribution in [0.1, 0.15) is 310 Å². The zero-order valence-corrected chi connectivity index (χ0v) is 51.2. The largest absolute Gasteiger partial charge is 0.462 e. The lowest BCUT2D eigenvalue weighted by atomic mass is 10.1. The van der Waals surface area contributed by atoms with Gasteiger partial charge in [0.05, 0.1) is 0 Å². The Morgan fingerprint density at radius 3 is 0.821 bits per heavy atom. The predicted octanol–water partition coefficient (Wildman–Crippen LogP) is 22.6. The third kappa shape index (κ3) is 62.9. The van der Waals surface area contributed by atoms with E-state index >= 15 is 0 Å². The van der Waals surface area contributed by atoms with Crippen molar-refractivity contribution in [2.75, 3.05) is 13.2 Å². The van der Waals surface area contributed by atoms with Gasteiger partial charge < -0.3 is 14.2 Å². The Labute approximate surface area is 482 Å². The molecule has 1 atom stereocenters. The molecule has 0 N–H and O–H groups in total. The number of ether oxygens (including phenoxy) is 3. The Morgan fingerprint density at radius 2 is 0.500 bits per heavy atom. The van der Waals surface area contributed by atoms with Gasteiger partial charge in [0, 0.05) is 19.3 Å². The van der Waals surface area contributed by atoms with Crippen molar-refractivity contribution in [3.05, 3.63) is 109 Å². The van der Waals surface area contributed by atoms with E-state index in [2.05, 4.69) is 130 Å². The average molecular weight is 1080 g/mol. The van der Waals surface area contributed by atoms with Gasteiger partial charge in [0.25, 0.3) is 0 Å². The SMILES string of the molecule is CC/C=C\C/C=C\C/C=C\C/C=C\C/C=C\C/C=C\CCCCCCCCCCCCC(=O)OCC(COC(=O)CCCCCCC/C=C\C/C=C\CCCCC)OC(=O)CCCCCCC/C=C\CCCCCCCCC. The van der Waals surface area contributed by atoms with E-state index < -0.39 is 6.10 Å². The van der Waals surface area contributed by atoms with E-state index in [1.807, 2.05) is 0 Å². The van der Waals surface area contributed by atoms with Crippen molar-refractivity contribution in [3.8, 4) is 0 Å². The highest BCUT2D eigenvalue weighted by Crippen LogP contribution is 2.16. The van der Waals surface area contributed by atoms with Crippen LogP contribution in [0, 0.1) is 0 Å². The minimum absolute atomic E-state index is 0.0879. The highest BCUT2D eigenvalue weighted by Gasteiger charge is 2.19. The summed E-state index contributed by atoms with van der Waals surface area (Å²) in [6.07, 6.45) is 89.5. The topological polar surface area (TPSA) is 78.9 Å². The molecule has 446 valence electrons. The number of esters is 3. The summed E-state index contributed by atoms with van der Waals surface area (Å²) in [7, 11) is 0. The zero-order valence-electron chi connectivity index (χ0n) is 51.2. The Morgan fingerprint density at radius 1 is 0.269 bits per heavy atom. The van der Waals surface area contributed by atoms with Crippen LogP contribution in [-0.2, 0) is 28.6 Å². The number of unbranched alkanes of at least 4 members (excludes halogenated alkanes) is 30. The maximum absolute atomic E-state index is 12.9. The molecule has 0 aromatic rings. The molecule has 0 aromatic heterocycles. The lowest BCUT2D eigenvalue weighted by Crippen LogP contribution is -2.30. The third-order valence-corrected chi connectivity index (χ3v) is 14.0. The summed E-state index contributed by atoms with van der Waals surface area (Å²) in [5.74, 6) is -0.906. The van der Waals surface area contributed by atoms with Crippen LogP contribution in [0.25, 0.3) is 0 Å². The summed E-state index contributed by atoms with van der Waals surface area (Å²) in [5, 5.41) is 0. The Bertz CT molecular complexity index is 1570. The fraction of sp³-hybridized carbons (Fsp3) is 0.708. The molecule has 0 amide bonds. The molecule has 0 saturated carbocycles. The van der Waals surface area contributed by atoms with Gasteiger partial charge in [0.15, 0.2) is 6.10 Å². The maximum atomic E-state index is 12.9. The Kier molecular flexibility index (Phi) is 62.3. The maximum Gasteiger partial charge on any atom is 0.306 e. The van der Waals surface area contributed by atoms with Gasteiger partial charge >= 0.3 is 17.9 Å². The molecular formula is C72H122O6. The highest BCUT2D eigenvalue weighted by molar-refractivity contribution is 5.71. The van der Waals surface area contributed by atoms with Crippen molar-refractivity contribution in [2.24, 2.45) is 0 Å². The summed E-state index contributed by atoms with van der Waals surface area (Å²) in [6, 6.07) is 0. The first kappa shape index (κ1) is 74.1. The van der Waals surface area contributed by atoms with E-state index in [4.69, 9.17) is 14.2 Å². The third-order valence-electron chi connectivity index (χ3n) is 14.0. The van der Waals surface area contributed by atoms with Crippen LogP contribution in [0.3, 0.4) is 0 Å². The lowest BCUT2D eigenvalue weighted by Gasteiger charge is -2.18. The van der Waals surface area contributed by atoms with Crippen molar-refractivity contribution in [3.63, 3.8) is 0 Å². The molecule has 78 heavy (non-hydrogen) atoms. The number of allylic oxidation sites excluding steroid dienone is 18. The number of carbonyl (C=O) groups is 3. The van der Waals surface area contributed by atoms with Crippen molar-refractivity contribution in [1.82, 2.24) is 0 Å². The first-order valence-electron chi connectivity index (χ1n) is 32.9. The van der Waals surface area contributed by atoms with Crippen LogP contribution in [0.2, 0.25) is 0 Å². The van der Waals surface area contributed by atoms with Gasteiger partial charge in [-0.05, 0) is 128 Å². The van der Waals surface area contributed by atoms with E-state index in [1.165, 1.54) is 135 Å². The van der Waals surface area contributed by atoms with E-state index in [1.54, 1.807) is 0 Å². The van der Waals surface area contributed by atoms with Gasteiger partial charge in [-0.25, -0.2) is 0 Å². The molecule has 0 aliphatic rings. The quantitative estimate of drug-likeness (QED) is 0.0261. The first-order valence-corrected chi connectivity index (χ1v) is 32.9. The summed E-state index contributed by atoms with van der Waals surface area (Å²) in [5.41, 5.74) is 0. The van der Waals surface area contributed by atoms with Crippen molar-refractivity contribution < 1.29 is 28.6 Å². The number of rotatable bonds is 59. The Balaban J connectivity index is 4.32. The molecule has 0 aliphatic carbocycles. The van der Waals surface area contributed by atoms with Gasteiger partial charge in [-0.1, -0.05) is 271 Å². The van der Waals surface area contributed by atoms with Crippen molar-refractivity contribution in [1.29, 1.82) is 0 Å². The second-order valence-electron chi connectivity index (χ2n) is 21.6. The molecular weight excluding hydrogens is 961 g/mol. The normalized spacial score (nSPS) is 12.8. The van der Waals surface area contributed by atoms with E-state index in [9.17, 15) is 14.4 Å². The van der Waals surface area contributed by atoms with E-state index in [-0.39, 0.29) is 31.1 Å². The monoisotopic (exact) mass is 1080 g/mol. The summed E-state index contributed by atoms with van der Waals surface area (Å²) in [6.45, 7) is 6.50. The molecule has 0 heterocycles. The molecule has 0 spiro atoms. The molecule has 0 aliphatic heterocycles. The smallest absolute Gasteiger partial charge is 0.306 e. The van der Waals surface area contributed by atoms with Gasteiger partial charge in [-0.15, -0.1) is 0 Å². The zero-order chi connectivity index (χ0) is 56.4. The van der Waals surface area contributed by atoms with Gasteiger partial charge in [-0.2, -0.15) is 0 Å². The van der Waals surface area contributed by atoms with E-state index in [0.717, 1.165) is 135 Å².